The molecule has 2 aromatic rings. The van der Waals surface area contributed by atoms with Gasteiger partial charge in [-0.2, -0.15) is 0 Å². The maximum absolute atomic E-state index is 12.7. The van der Waals surface area contributed by atoms with E-state index in [1.807, 2.05) is 37.3 Å². The number of amides is 1. The number of carbonyl (C=O) groups is 2. The second kappa shape index (κ2) is 6.88. The molecule has 1 amide bonds. The van der Waals surface area contributed by atoms with Gasteiger partial charge in [-0.1, -0.05) is 18.2 Å². The number of hydrogen-bond donors (Lipinski definition) is 0. The lowest BCUT2D eigenvalue weighted by molar-refractivity contribution is 0.101. The minimum atomic E-state index is -0.503. The van der Waals surface area contributed by atoms with Crippen molar-refractivity contribution in [3.05, 3.63) is 71.0 Å². The second-order valence-electron chi connectivity index (χ2n) is 6.80. The Kier molecular flexibility index (Phi) is 4.39. The van der Waals surface area contributed by atoms with Gasteiger partial charge in [0.05, 0.1) is 5.56 Å². The first kappa shape index (κ1) is 17.9. The molecule has 0 saturated heterocycles. The highest BCUT2D eigenvalue weighted by atomic mass is 16.6. The molecule has 0 spiro atoms. The molecular formula is C22H19NO5. The molecule has 0 unspecified atom stereocenters. The van der Waals surface area contributed by atoms with E-state index in [1.54, 1.807) is 38.4 Å². The summed E-state index contributed by atoms with van der Waals surface area (Å²) in [5, 5.41) is 0. The monoisotopic (exact) mass is 377 g/mol. The van der Waals surface area contributed by atoms with Gasteiger partial charge >= 0.3 is 6.09 Å². The molecule has 2 aromatic carbocycles. The molecule has 0 bridgehead atoms. The van der Waals surface area contributed by atoms with Crippen LogP contribution in [0.1, 0.15) is 22.8 Å². The van der Waals surface area contributed by atoms with Crippen molar-refractivity contribution in [2.45, 2.75) is 13.0 Å². The molecule has 0 fully saturated rings. The minimum absolute atomic E-state index is 0.209. The third-order valence-corrected chi connectivity index (χ3v) is 4.52. The number of benzene rings is 2. The fraction of sp³-hybridized carbons (Fsp3) is 0.182. The Labute approximate surface area is 162 Å². The van der Waals surface area contributed by atoms with Gasteiger partial charge in [-0.3, -0.25) is 4.79 Å². The summed E-state index contributed by atoms with van der Waals surface area (Å²) in [5.41, 5.74) is 2.23. The molecule has 1 atom stereocenters. The first-order chi connectivity index (χ1) is 13.4. The van der Waals surface area contributed by atoms with E-state index in [-0.39, 0.29) is 17.6 Å². The zero-order valence-electron chi connectivity index (χ0n) is 15.8. The summed E-state index contributed by atoms with van der Waals surface area (Å²) in [6.45, 7) is 1.92. The van der Waals surface area contributed by atoms with Gasteiger partial charge in [-0.05, 0) is 42.8 Å². The average Bonchev–Trinajstić information content (AvgIpc) is 2.97. The van der Waals surface area contributed by atoms with Crippen LogP contribution in [0.4, 0.5) is 4.79 Å². The van der Waals surface area contributed by atoms with E-state index in [4.69, 9.17) is 14.2 Å². The van der Waals surface area contributed by atoms with Crippen LogP contribution in [0.15, 0.2) is 59.9 Å². The highest BCUT2D eigenvalue weighted by Crippen LogP contribution is 2.36. The van der Waals surface area contributed by atoms with E-state index < -0.39 is 6.09 Å². The molecule has 2 aliphatic heterocycles. The molecule has 0 radical (unpaired) electrons. The highest BCUT2D eigenvalue weighted by molar-refractivity contribution is 6.12. The highest BCUT2D eigenvalue weighted by Gasteiger charge is 2.29. The normalized spacial score (nSPS) is 18.5. The number of nitrogens with zero attached hydrogens (tertiary/aromatic N) is 1. The zero-order chi connectivity index (χ0) is 19.8. The summed E-state index contributed by atoms with van der Waals surface area (Å²) in [6.07, 6.45) is 2.98. The smallest absolute Gasteiger partial charge is 0.414 e. The van der Waals surface area contributed by atoms with Crippen molar-refractivity contribution in [3.8, 4) is 17.2 Å². The number of Topliss-reactive ketones (excluding diaryl/α,β-unsaturated/α-hetero) is 1. The number of para-hydroxylation sites is 1. The fourth-order valence-corrected chi connectivity index (χ4v) is 3.00. The zero-order valence-corrected chi connectivity index (χ0v) is 15.8. The lowest BCUT2D eigenvalue weighted by Crippen LogP contribution is -2.25. The maximum atomic E-state index is 12.7. The van der Waals surface area contributed by atoms with Crippen molar-refractivity contribution >= 4 is 18.0 Å². The Bertz CT molecular complexity index is 1030. The number of carbonyl (C=O) groups excluding carboxylic acids is 2. The lowest BCUT2D eigenvalue weighted by Gasteiger charge is -2.22. The number of fused-ring (bicyclic) bond motifs is 2. The number of ketones is 1. The molecule has 4 rings (SSSR count). The molecule has 142 valence electrons. The quantitative estimate of drug-likeness (QED) is 0.738. The molecular weight excluding hydrogens is 358 g/mol. The molecule has 6 heteroatoms. The first-order valence-corrected chi connectivity index (χ1v) is 8.87. The number of ether oxygens (including phenoxy) is 3. The predicted molar refractivity (Wildman–Crippen MR) is 104 cm³/mol. The van der Waals surface area contributed by atoms with Gasteiger partial charge in [0, 0.05) is 25.7 Å². The topological polar surface area (TPSA) is 65.1 Å². The summed E-state index contributed by atoms with van der Waals surface area (Å²) in [7, 11) is 3.19. The number of hydrogen-bond acceptors (Lipinski definition) is 5. The van der Waals surface area contributed by atoms with Gasteiger partial charge in [0.1, 0.15) is 23.4 Å². The van der Waals surface area contributed by atoms with E-state index in [9.17, 15) is 9.59 Å². The predicted octanol–water partition coefficient (Wildman–Crippen LogP) is 4.07. The summed E-state index contributed by atoms with van der Waals surface area (Å²) in [6, 6.07) is 12.4. The lowest BCUT2D eigenvalue weighted by atomic mass is 10.0. The molecule has 0 aliphatic carbocycles. The Morgan fingerprint density at radius 1 is 1.14 bits per heavy atom. The number of rotatable bonds is 2. The fourth-order valence-electron chi connectivity index (χ4n) is 3.00. The van der Waals surface area contributed by atoms with Crippen molar-refractivity contribution in [3.63, 3.8) is 0 Å². The minimum Gasteiger partial charge on any atom is -0.485 e. The van der Waals surface area contributed by atoms with Crippen LogP contribution in [0.3, 0.4) is 0 Å². The molecule has 0 saturated carbocycles. The summed E-state index contributed by atoms with van der Waals surface area (Å²) in [4.78, 5) is 25.7. The van der Waals surface area contributed by atoms with Crippen molar-refractivity contribution in [1.82, 2.24) is 4.90 Å². The molecule has 28 heavy (non-hydrogen) atoms. The molecule has 6 nitrogen and oxygen atoms in total. The number of allylic oxidation sites excluding steroid dienone is 1. The maximum Gasteiger partial charge on any atom is 0.414 e. The van der Waals surface area contributed by atoms with E-state index in [2.05, 4.69) is 0 Å². The van der Waals surface area contributed by atoms with Crippen LogP contribution in [0, 0.1) is 0 Å². The molecule has 0 aromatic heterocycles. The van der Waals surface area contributed by atoms with Crippen LogP contribution in [-0.4, -0.2) is 37.0 Å². The first-order valence-electron chi connectivity index (χ1n) is 8.87. The van der Waals surface area contributed by atoms with Crippen molar-refractivity contribution < 1.29 is 23.8 Å². The van der Waals surface area contributed by atoms with Crippen LogP contribution in [0.25, 0.3) is 6.08 Å². The van der Waals surface area contributed by atoms with Gasteiger partial charge in [-0.15, -0.1) is 0 Å². The van der Waals surface area contributed by atoms with Crippen LogP contribution >= 0.6 is 0 Å². The summed E-state index contributed by atoms with van der Waals surface area (Å²) < 4.78 is 16.9. The van der Waals surface area contributed by atoms with Crippen LogP contribution in [0.5, 0.6) is 17.2 Å². The summed E-state index contributed by atoms with van der Waals surface area (Å²) >= 11 is 0. The van der Waals surface area contributed by atoms with Crippen molar-refractivity contribution in [1.29, 1.82) is 0 Å². The van der Waals surface area contributed by atoms with Gasteiger partial charge in [0.25, 0.3) is 0 Å². The van der Waals surface area contributed by atoms with Gasteiger partial charge < -0.3 is 19.1 Å². The average molecular weight is 377 g/mol. The Morgan fingerprint density at radius 3 is 2.71 bits per heavy atom. The Hall–Kier alpha value is -3.54. The van der Waals surface area contributed by atoms with Crippen LogP contribution in [-0.2, 0) is 0 Å². The Balaban J connectivity index is 1.61. The van der Waals surface area contributed by atoms with Gasteiger partial charge in [0.15, 0.2) is 5.76 Å². The standard InChI is InChI=1S/C22H19NO5/c1-13-15(10-14-6-4-5-7-18(14)26-13)11-20-21(24)17-9-8-16(12-19(17)28-20)27-22(25)23(2)3/h4-13H,1-3H3/t13-/m1/s1. The van der Waals surface area contributed by atoms with E-state index >= 15 is 0 Å². The van der Waals surface area contributed by atoms with Crippen LogP contribution < -0.4 is 14.2 Å². The van der Waals surface area contributed by atoms with E-state index in [0.717, 1.165) is 16.9 Å². The van der Waals surface area contributed by atoms with E-state index in [0.29, 0.717) is 17.1 Å². The Morgan fingerprint density at radius 2 is 1.93 bits per heavy atom. The van der Waals surface area contributed by atoms with Gasteiger partial charge in [-0.25, -0.2) is 4.79 Å². The third kappa shape index (κ3) is 3.24. The summed E-state index contributed by atoms with van der Waals surface area (Å²) in [5.74, 6) is 1.49. The largest absolute Gasteiger partial charge is 0.485 e. The SMILES string of the molecule is C[C@H]1Oc2ccccc2C=C1C=C1Oc2cc(OC(=O)N(C)C)ccc2C1=O. The van der Waals surface area contributed by atoms with Crippen molar-refractivity contribution in [2.24, 2.45) is 0 Å². The van der Waals surface area contributed by atoms with Crippen molar-refractivity contribution in [2.75, 3.05) is 14.1 Å². The van der Waals surface area contributed by atoms with Crippen LogP contribution in [0.2, 0.25) is 0 Å². The molecule has 2 aliphatic rings. The third-order valence-electron chi connectivity index (χ3n) is 4.52. The molecule has 0 N–H and O–H groups in total. The van der Waals surface area contributed by atoms with E-state index in [1.165, 1.54) is 4.90 Å². The van der Waals surface area contributed by atoms with Gasteiger partial charge in [0.2, 0.25) is 5.78 Å². The molecule has 2 heterocycles. The second-order valence-corrected chi connectivity index (χ2v) is 6.80.